The van der Waals surface area contributed by atoms with Crippen LogP contribution in [0.3, 0.4) is 0 Å². The number of nitrogens with zero attached hydrogens (tertiary/aromatic N) is 3. The highest BCUT2D eigenvalue weighted by Crippen LogP contribution is 2.41. The molecule has 164 valence electrons. The molecule has 2 aliphatic rings. The average molecular weight is 445 g/mol. The maximum absolute atomic E-state index is 13.0. The molecule has 2 aliphatic heterocycles. The SMILES string of the molecule is CC(=O)N1CCN(C(=O)C(C)OC(=O)CN2c3cccc4cccc(c34)S2(=O)=O)CC1. The maximum atomic E-state index is 13.0. The van der Waals surface area contributed by atoms with Crippen LogP contribution in [0.25, 0.3) is 10.8 Å². The fourth-order valence-electron chi connectivity index (χ4n) is 4.03. The molecule has 0 saturated carbocycles. The van der Waals surface area contributed by atoms with Crippen LogP contribution in [0.4, 0.5) is 5.69 Å². The zero-order chi connectivity index (χ0) is 22.3. The number of amides is 2. The predicted octanol–water partition coefficient (Wildman–Crippen LogP) is 0.971. The van der Waals surface area contributed by atoms with Gasteiger partial charge < -0.3 is 14.5 Å². The number of sulfonamides is 1. The van der Waals surface area contributed by atoms with E-state index in [1.165, 1.54) is 19.9 Å². The molecule has 1 fully saturated rings. The average Bonchev–Trinajstić information content (AvgIpc) is 2.96. The van der Waals surface area contributed by atoms with Gasteiger partial charge in [-0.2, -0.15) is 0 Å². The molecule has 2 amide bonds. The van der Waals surface area contributed by atoms with Crippen LogP contribution in [0.15, 0.2) is 41.3 Å². The Hall–Kier alpha value is -3.14. The van der Waals surface area contributed by atoms with Crippen molar-refractivity contribution in [3.8, 4) is 0 Å². The number of hydrogen-bond donors (Lipinski definition) is 0. The van der Waals surface area contributed by atoms with Crippen LogP contribution in [-0.4, -0.2) is 74.8 Å². The highest BCUT2D eigenvalue weighted by Gasteiger charge is 2.37. The first kappa shape index (κ1) is 21.1. The Kier molecular flexibility index (Phi) is 5.34. The van der Waals surface area contributed by atoms with Crippen LogP contribution in [0.2, 0.25) is 0 Å². The minimum atomic E-state index is -3.88. The van der Waals surface area contributed by atoms with E-state index in [2.05, 4.69) is 0 Å². The van der Waals surface area contributed by atoms with Crippen LogP contribution < -0.4 is 4.31 Å². The molecule has 10 heteroatoms. The largest absolute Gasteiger partial charge is 0.451 e. The van der Waals surface area contributed by atoms with Gasteiger partial charge in [0.05, 0.1) is 10.6 Å². The first-order valence-electron chi connectivity index (χ1n) is 9.98. The lowest BCUT2D eigenvalue weighted by molar-refractivity contribution is -0.159. The number of benzene rings is 2. The molecule has 0 N–H and O–H groups in total. The zero-order valence-corrected chi connectivity index (χ0v) is 18.1. The fraction of sp³-hybridized carbons (Fsp3) is 0.381. The molecular formula is C21H23N3O6S. The first-order chi connectivity index (χ1) is 14.7. The van der Waals surface area contributed by atoms with Crippen molar-refractivity contribution in [3.05, 3.63) is 36.4 Å². The minimum absolute atomic E-state index is 0.0468. The standard InChI is InChI=1S/C21H23N3O6S/c1-14(21(27)23-11-9-22(10-12-23)15(2)25)30-19(26)13-24-17-7-3-5-16-6-4-8-18(20(16)17)31(24,28)29/h3-8,14H,9-13H2,1-2H3. The smallest absolute Gasteiger partial charge is 0.327 e. The summed E-state index contributed by atoms with van der Waals surface area (Å²) in [6, 6.07) is 10.2. The van der Waals surface area contributed by atoms with E-state index in [1.807, 2.05) is 12.1 Å². The summed E-state index contributed by atoms with van der Waals surface area (Å²) in [6.07, 6.45) is -1.06. The van der Waals surface area contributed by atoms with Crippen LogP contribution >= 0.6 is 0 Å². The van der Waals surface area contributed by atoms with Gasteiger partial charge in [-0.1, -0.05) is 24.3 Å². The van der Waals surface area contributed by atoms with Crippen molar-refractivity contribution < 1.29 is 27.5 Å². The monoisotopic (exact) mass is 445 g/mol. The molecule has 0 spiro atoms. The quantitative estimate of drug-likeness (QED) is 0.650. The van der Waals surface area contributed by atoms with E-state index in [0.717, 1.165) is 9.69 Å². The van der Waals surface area contributed by atoms with E-state index in [-0.39, 0.29) is 16.7 Å². The van der Waals surface area contributed by atoms with Crippen LogP contribution in [0.5, 0.6) is 0 Å². The number of piperazine rings is 1. The van der Waals surface area contributed by atoms with E-state index in [1.54, 1.807) is 28.0 Å². The number of ether oxygens (including phenoxy) is 1. The Morgan fingerprint density at radius 2 is 1.61 bits per heavy atom. The summed E-state index contributed by atoms with van der Waals surface area (Å²) in [5, 5.41) is 1.34. The highest BCUT2D eigenvalue weighted by atomic mass is 32.2. The lowest BCUT2D eigenvalue weighted by atomic mass is 10.1. The maximum Gasteiger partial charge on any atom is 0.327 e. The summed E-state index contributed by atoms with van der Waals surface area (Å²) >= 11 is 0. The molecule has 31 heavy (non-hydrogen) atoms. The first-order valence-corrected chi connectivity index (χ1v) is 11.4. The number of carbonyl (C=O) groups is 3. The molecule has 0 aromatic heterocycles. The molecular weight excluding hydrogens is 422 g/mol. The third-order valence-electron chi connectivity index (χ3n) is 5.65. The molecule has 2 heterocycles. The van der Waals surface area contributed by atoms with E-state index >= 15 is 0 Å². The van der Waals surface area contributed by atoms with Crippen molar-refractivity contribution in [2.45, 2.75) is 24.8 Å². The summed E-state index contributed by atoms with van der Waals surface area (Å²) in [5.41, 5.74) is 0.421. The number of esters is 1. The van der Waals surface area contributed by atoms with Crippen molar-refractivity contribution in [3.63, 3.8) is 0 Å². The molecule has 0 bridgehead atoms. The Labute approximate surface area is 180 Å². The van der Waals surface area contributed by atoms with E-state index in [4.69, 9.17) is 4.74 Å². The molecule has 4 rings (SSSR count). The fourth-order valence-corrected chi connectivity index (χ4v) is 5.68. The van der Waals surface area contributed by atoms with Gasteiger partial charge in [0.2, 0.25) is 5.91 Å². The molecule has 2 aromatic carbocycles. The van der Waals surface area contributed by atoms with Gasteiger partial charge in [0.25, 0.3) is 15.9 Å². The molecule has 2 aromatic rings. The molecule has 9 nitrogen and oxygen atoms in total. The van der Waals surface area contributed by atoms with Gasteiger partial charge in [-0.15, -0.1) is 0 Å². The second-order valence-corrected chi connectivity index (χ2v) is 9.44. The summed E-state index contributed by atoms with van der Waals surface area (Å²) in [6.45, 7) is 3.99. The van der Waals surface area contributed by atoms with Gasteiger partial charge in [-0.05, 0) is 24.4 Å². The third kappa shape index (κ3) is 3.71. The Bertz CT molecular complexity index is 1170. The van der Waals surface area contributed by atoms with Gasteiger partial charge in [0, 0.05) is 38.5 Å². The van der Waals surface area contributed by atoms with Crippen LogP contribution in [0, 0.1) is 0 Å². The minimum Gasteiger partial charge on any atom is -0.451 e. The highest BCUT2D eigenvalue weighted by molar-refractivity contribution is 7.93. The Morgan fingerprint density at radius 3 is 2.26 bits per heavy atom. The molecule has 0 radical (unpaired) electrons. The number of hydrogen-bond acceptors (Lipinski definition) is 6. The van der Waals surface area contributed by atoms with Gasteiger partial charge in [0.15, 0.2) is 6.10 Å². The Balaban J connectivity index is 1.43. The summed E-state index contributed by atoms with van der Waals surface area (Å²) in [4.78, 5) is 39.9. The number of carbonyl (C=O) groups excluding carboxylic acids is 3. The second kappa shape index (κ2) is 7.84. The zero-order valence-electron chi connectivity index (χ0n) is 17.3. The van der Waals surface area contributed by atoms with E-state index < -0.39 is 28.6 Å². The molecule has 1 atom stereocenters. The van der Waals surface area contributed by atoms with Crippen molar-refractivity contribution in [2.24, 2.45) is 0 Å². The number of rotatable bonds is 4. The normalized spacial score (nSPS) is 18.2. The lowest BCUT2D eigenvalue weighted by Crippen LogP contribution is -2.52. The summed E-state index contributed by atoms with van der Waals surface area (Å²) < 4.78 is 32.2. The second-order valence-electron chi connectivity index (χ2n) is 7.61. The van der Waals surface area contributed by atoms with Crippen molar-refractivity contribution >= 4 is 44.3 Å². The lowest BCUT2D eigenvalue weighted by Gasteiger charge is -2.35. The molecule has 0 aliphatic carbocycles. The van der Waals surface area contributed by atoms with Crippen LogP contribution in [-0.2, 0) is 29.1 Å². The van der Waals surface area contributed by atoms with Crippen molar-refractivity contribution in [2.75, 3.05) is 37.0 Å². The predicted molar refractivity (Wildman–Crippen MR) is 113 cm³/mol. The van der Waals surface area contributed by atoms with Gasteiger partial charge in [-0.25, -0.2) is 8.42 Å². The van der Waals surface area contributed by atoms with Crippen molar-refractivity contribution in [1.82, 2.24) is 9.80 Å². The van der Waals surface area contributed by atoms with Crippen LogP contribution in [0.1, 0.15) is 13.8 Å². The molecule has 1 unspecified atom stereocenters. The summed E-state index contributed by atoms with van der Waals surface area (Å²) in [5.74, 6) is -1.22. The van der Waals surface area contributed by atoms with Gasteiger partial charge in [-0.3, -0.25) is 18.7 Å². The number of anilines is 1. The Morgan fingerprint density at radius 1 is 1.00 bits per heavy atom. The van der Waals surface area contributed by atoms with Gasteiger partial charge >= 0.3 is 5.97 Å². The van der Waals surface area contributed by atoms with E-state index in [9.17, 15) is 22.8 Å². The third-order valence-corrected chi connectivity index (χ3v) is 7.45. The topological polar surface area (TPSA) is 104 Å². The van der Waals surface area contributed by atoms with E-state index in [0.29, 0.717) is 37.3 Å². The summed E-state index contributed by atoms with van der Waals surface area (Å²) in [7, 11) is -3.88. The van der Waals surface area contributed by atoms with Gasteiger partial charge in [0.1, 0.15) is 6.54 Å². The molecule has 1 saturated heterocycles. The van der Waals surface area contributed by atoms with Crippen molar-refractivity contribution in [1.29, 1.82) is 0 Å².